The zero-order chi connectivity index (χ0) is 21.7. The molecule has 0 radical (unpaired) electrons. The number of aryl methyl sites for hydroxylation is 2. The molecule has 0 bridgehead atoms. The van der Waals surface area contributed by atoms with E-state index in [0.717, 1.165) is 23.1 Å². The van der Waals surface area contributed by atoms with Gasteiger partial charge in [-0.2, -0.15) is 4.98 Å². The lowest BCUT2D eigenvalue weighted by molar-refractivity contribution is 0.0946. The molecule has 0 aliphatic rings. The van der Waals surface area contributed by atoms with Gasteiger partial charge in [-0.1, -0.05) is 17.3 Å². The van der Waals surface area contributed by atoms with Crippen LogP contribution in [0.3, 0.4) is 0 Å². The van der Waals surface area contributed by atoms with E-state index in [1.165, 1.54) is 29.8 Å². The molecular formula is C22H22F2N4O2. The van der Waals surface area contributed by atoms with Crippen LogP contribution in [0.1, 0.15) is 28.7 Å². The van der Waals surface area contributed by atoms with Gasteiger partial charge in [0.25, 0.3) is 5.91 Å². The van der Waals surface area contributed by atoms with Crippen molar-refractivity contribution >= 4 is 16.8 Å². The first kappa shape index (κ1) is 21.2. The zero-order valence-corrected chi connectivity index (χ0v) is 16.9. The Morgan fingerprint density at radius 3 is 2.60 bits per heavy atom. The lowest BCUT2D eigenvalue weighted by Crippen LogP contribution is -2.22. The first-order valence-corrected chi connectivity index (χ1v) is 9.40. The second kappa shape index (κ2) is 9.30. The first-order chi connectivity index (χ1) is 14.6. The summed E-state index contributed by atoms with van der Waals surface area (Å²) >= 11 is 0. The standard InChI is InChI=1S/C21H19FN4O2.CH3F/c1-3-26-17-6-4-5-13(2)16(17)11-18(26)20-24-19(28-25-20)12-23-21(27)14-7-9-15(22)10-8-14;1-2/h4-11H,3,12H2,1-2H3,(H,23,27);1H3. The van der Waals surface area contributed by atoms with Gasteiger partial charge in [-0.3, -0.25) is 9.18 Å². The van der Waals surface area contributed by atoms with Gasteiger partial charge in [0.05, 0.1) is 19.4 Å². The fourth-order valence-corrected chi connectivity index (χ4v) is 3.25. The molecule has 8 heteroatoms. The summed E-state index contributed by atoms with van der Waals surface area (Å²) in [6, 6.07) is 13.5. The smallest absolute Gasteiger partial charge is 0.251 e. The maximum absolute atomic E-state index is 13.0. The number of hydrogen-bond donors (Lipinski definition) is 1. The molecular weight excluding hydrogens is 390 g/mol. The second-order valence-electron chi connectivity index (χ2n) is 6.48. The molecule has 2 aromatic carbocycles. The molecule has 6 nitrogen and oxygen atoms in total. The van der Waals surface area contributed by atoms with Gasteiger partial charge in [0.2, 0.25) is 11.7 Å². The lowest BCUT2D eigenvalue weighted by atomic mass is 10.1. The molecule has 1 amide bonds. The number of nitrogens with zero attached hydrogens (tertiary/aromatic N) is 3. The summed E-state index contributed by atoms with van der Waals surface area (Å²) in [5.74, 6) is 0.0521. The molecule has 0 unspecified atom stereocenters. The van der Waals surface area contributed by atoms with E-state index in [9.17, 15) is 13.6 Å². The van der Waals surface area contributed by atoms with E-state index in [-0.39, 0.29) is 18.3 Å². The summed E-state index contributed by atoms with van der Waals surface area (Å²) in [6.45, 7) is 5.00. The van der Waals surface area contributed by atoms with Crippen LogP contribution in [0, 0.1) is 12.7 Å². The number of aromatic nitrogens is 3. The van der Waals surface area contributed by atoms with Crippen molar-refractivity contribution in [1.82, 2.24) is 20.0 Å². The molecule has 0 atom stereocenters. The molecule has 4 aromatic rings. The maximum Gasteiger partial charge on any atom is 0.251 e. The summed E-state index contributed by atoms with van der Waals surface area (Å²) < 4.78 is 29.9. The summed E-state index contributed by atoms with van der Waals surface area (Å²) in [6.07, 6.45) is 0. The number of hydrogen-bond acceptors (Lipinski definition) is 4. The number of rotatable bonds is 5. The van der Waals surface area contributed by atoms with Gasteiger partial charge in [0.1, 0.15) is 5.82 Å². The molecule has 0 saturated heterocycles. The number of benzene rings is 2. The van der Waals surface area contributed by atoms with Gasteiger partial charge in [0, 0.05) is 23.0 Å². The molecule has 2 aromatic heterocycles. The molecule has 0 fully saturated rings. The second-order valence-corrected chi connectivity index (χ2v) is 6.48. The van der Waals surface area contributed by atoms with Crippen LogP contribution in [0.2, 0.25) is 0 Å². The lowest BCUT2D eigenvalue weighted by Gasteiger charge is -2.04. The topological polar surface area (TPSA) is 73.0 Å². The van der Waals surface area contributed by atoms with E-state index < -0.39 is 0 Å². The van der Waals surface area contributed by atoms with Crippen molar-refractivity contribution in [2.45, 2.75) is 26.9 Å². The largest absolute Gasteiger partial charge is 0.343 e. The SMILES string of the molecule is CCn1c(-c2noc(CNC(=O)c3ccc(F)cc3)n2)cc2c(C)cccc21.CF. The highest BCUT2D eigenvalue weighted by atomic mass is 19.1. The van der Waals surface area contributed by atoms with Crippen LogP contribution in [0.25, 0.3) is 22.4 Å². The van der Waals surface area contributed by atoms with Gasteiger partial charge in [0.15, 0.2) is 0 Å². The summed E-state index contributed by atoms with van der Waals surface area (Å²) in [7, 11) is 0.500. The van der Waals surface area contributed by atoms with Crippen molar-refractivity contribution in [3.05, 3.63) is 71.4 Å². The number of carbonyl (C=O) groups excluding carboxylic acids is 1. The minimum absolute atomic E-state index is 0.0919. The van der Waals surface area contributed by atoms with E-state index in [1.54, 1.807) is 0 Å². The first-order valence-electron chi connectivity index (χ1n) is 9.40. The van der Waals surface area contributed by atoms with Crippen LogP contribution in [0.15, 0.2) is 53.1 Å². The van der Waals surface area contributed by atoms with E-state index in [1.807, 2.05) is 6.07 Å². The average Bonchev–Trinajstić information content (AvgIpc) is 3.39. The van der Waals surface area contributed by atoms with Gasteiger partial charge >= 0.3 is 0 Å². The Kier molecular flexibility index (Phi) is 6.56. The van der Waals surface area contributed by atoms with Crippen molar-refractivity contribution < 1.29 is 18.1 Å². The van der Waals surface area contributed by atoms with Crippen LogP contribution < -0.4 is 5.32 Å². The molecule has 0 spiro atoms. The van der Waals surface area contributed by atoms with E-state index in [0.29, 0.717) is 24.5 Å². The van der Waals surface area contributed by atoms with Crippen LogP contribution in [-0.4, -0.2) is 27.8 Å². The van der Waals surface area contributed by atoms with Crippen molar-refractivity contribution in [1.29, 1.82) is 0 Å². The minimum Gasteiger partial charge on any atom is -0.343 e. The van der Waals surface area contributed by atoms with E-state index in [2.05, 4.69) is 52.1 Å². The fourth-order valence-electron chi connectivity index (χ4n) is 3.25. The number of amides is 1. The summed E-state index contributed by atoms with van der Waals surface area (Å²) in [5, 5.41) is 7.92. The van der Waals surface area contributed by atoms with Crippen molar-refractivity contribution in [2.24, 2.45) is 0 Å². The number of halogens is 2. The maximum atomic E-state index is 13.0. The highest BCUT2D eigenvalue weighted by Gasteiger charge is 2.17. The third-order valence-electron chi connectivity index (χ3n) is 4.68. The fraction of sp³-hybridized carbons (Fsp3) is 0.227. The van der Waals surface area contributed by atoms with Gasteiger partial charge in [-0.15, -0.1) is 0 Å². The Morgan fingerprint density at radius 1 is 1.17 bits per heavy atom. The third kappa shape index (κ3) is 4.22. The number of alkyl halides is 1. The molecule has 30 heavy (non-hydrogen) atoms. The normalized spacial score (nSPS) is 10.6. The summed E-state index contributed by atoms with van der Waals surface area (Å²) in [5.41, 5.74) is 3.53. The number of carbonyl (C=O) groups is 1. The van der Waals surface area contributed by atoms with E-state index >= 15 is 0 Å². The molecule has 0 aliphatic carbocycles. The van der Waals surface area contributed by atoms with Crippen LogP contribution in [0.4, 0.5) is 8.78 Å². The van der Waals surface area contributed by atoms with E-state index in [4.69, 9.17) is 4.52 Å². The third-order valence-corrected chi connectivity index (χ3v) is 4.68. The monoisotopic (exact) mass is 412 g/mol. The van der Waals surface area contributed by atoms with Gasteiger partial charge in [-0.25, -0.2) is 4.39 Å². The van der Waals surface area contributed by atoms with Crippen LogP contribution in [-0.2, 0) is 13.1 Å². The van der Waals surface area contributed by atoms with Crippen molar-refractivity contribution in [3.63, 3.8) is 0 Å². The van der Waals surface area contributed by atoms with Crippen molar-refractivity contribution in [2.75, 3.05) is 7.18 Å². The zero-order valence-electron chi connectivity index (χ0n) is 16.9. The predicted octanol–water partition coefficient (Wildman–Crippen LogP) is 4.67. The summed E-state index contributed by atoms with van der Waals surface area (Å²) in [4.78, 5) is 16.6. The molecule has 4 rings (SSSR count). The Balaban J connectivity index is 0.00000124. The average molecular weight is 412 g/mol. The Bertz CT molecular complexity index is 1150. The molecule has 0 saturated carbocycles. The Hall–Kier alpha value is -3.55. The highest BCUT2D eigenvalue weighted by molar-refractivity contribution is 5.94. The highest BCUT2D eigenvalue weighted by Crippen LogP contribution is 2.28. The molecule has 1 N–H and O–H groups in total. The van der Waals surface area contributed by atoms with Crippen LogP contribution >= 0.6 is 0 Å². The van der Waals surface area contributed by atoms with Gasteiger partial charge < -0.3 is 14.4 Å². The predicted molar refractivity (Wildman–Crippen MR) is 110 cm³/mol. The molecule has 0 aliphatic heterocycles. The Morgan fingerprint density at radius 2 is 1.90 bits per heavy atom. The number of fused-ring (bicyclic) bond motifs is 1. The quantitative estimate of drug-likeness (QED) is 0.517. The number of nitrogens with one attached hydrogen (secondary N) is 1. The molecule has 156 valence electrons. The van der Waals surface area contributed by atoms with Crippen LogP contribution in [0.5, 0.6) is 0 Å². The van der Waals surface area contributed by atoms with Crippen molar-refractivity contribution in [3.8, 4) is 11.5 Å². The molecule has 2 heterocycles. The Labute approximate surface area is 172 Å². The van der Waals surface area contributed by atoms with Gasteiger partial charge in [-0.05, 0) is 55.8 Å². The minimum atomic E-state index is -0.389.